The smallest absolute Gasteiger partial charge is 0.0736 e. The van der Waals surface area contributed by atoms with Crippen molar-refractivity contribution in [2.75, 3.05) is 0 Å². The molecule has 0 saturated heterocycles. The molecule has 0 spiro atoms. The number of benzene rings is 1. The number of fused-ring (bicyclic) bond motifs is 1. The van der Waals surface area contributed by atoms with Crippen molar-refractivity contribution in [3.8, 4) is 5.69 Å². The first-order valence-corrected chi connectivity index (χ1v) is 6.52. The van der Waals surface area contributed by atoms with Crippen molar-refractivity contribution in [1.29, 1.82) is 0 Å². The highest BCUT2D eigenvalue weighted by atomic mass is 127. The lowest BCUT2D eigenvalue weighted by molar-refractivity contribution is 1.08. The van der Waals surface area contributed by atoms with Crippen molar-refractivity contribution in [2.24, 2.45) is 0 Å². The lowest BCUT2D eigenvalue weighted by Gasteiger charge is -2.09. The lowest BCUT2D eigenvalue weighted by Crippen LogP contribution is -1.95. The Bertz CT molecular complexity index is 667. The Labute approximate surface area is 113 Å². The van der Waals surface area contributed by atoms with Gasteiger partial charge in [-0.15, -0.1) is 0 Å². The second-order valence-corrected chi connectivity index (χ2v) is 5.28. The highest BCUT2D eigenvalue weighted by molar-refractivity contribution is 14.1. The lowest BCUT2D eigenvalue weighted by atomic mass is 10.1. The fourth-order valence-corrected chi connectivity index (χ4v) is 2.50. The fourth-order valence-electron chi connectivity index (χ4n) is 2.02. The molecule has 2 aromatic heterocycles. The number of rotatable bonds is 1. The molecule has 2 nitrogen and oxygen atoms in total. The van der Waals surface area contributed by atoms with E-state index in [0.717, 1.165) is 11.2 Å². The van der Waals surface area contributed by atoms with Crippen molar-refractivity contribution in [2.45, 2.75) is 6.92 Å². The van der Waals surface area contributed by atoms with E-state index in [1.165, 1.54) is 14.6 Å². The molecule has 3 aromatic rings. The monoisotopic (exact) mass is 334 g/mol. The summed E-state index contributed by atoms with van der Waals surface area (Å²) in [6.45, 7) is 2.03. The fraction of sp³-hybridized carbons (Fsp3) is 0.0714. The van der Waals surface area contributed by atoms with Crippen LogP contribution < -0.4 is 0 Å². The van der Waals surface area contributed by atoms with Gasteiger partial charge in [0, 0.05) is 27.0 Å². The van der Waals surface area contributed by atoms with E-state index >= 15 is 0 Å². The maximum Gasteiger partial charge on any atom is 0.0736 e. The number of aryl methyl sites for hydroxylation is 1. The molecule has 0 aliphatic heterocycles. The van der Waals surface area contributed by atoms with E-state index in [4.69, 9.17) is 0 Å². The highest BCUT2D eigenvalue weighted by Crippen LogP contribution is 2.23. The van der Waals surface area contributed by atoms with Gasteiger partial charge < -0.3 is 4.57 Å². The molecule has 0 aliphatic rings. The molecular formula is C14H11IN2. The Morgan fingerprint density at radius 3 is 2.65 bits per heavy atom. The third kappa shape index (κ3) is 1.95. The summed E-state index contributed by atoms with van der Waals surface area (Å²) in [4.78, 5) is 4.59. The average Bonchev–Trinajstić information content (AvgIpc) is 2.80. The van der Waals surface area contributed by atoms with Crippen LogP contribution in [-0.4, -0.2) is 9.55 Å². The van der Waals surface area contributed by atoms with Crippen LogP contribution in [0.25, 0.3) is 16.6 Å². The van der Waals surface area contributed by atoms with Crippen LogP contribution in [0.5, 0.6) is 0 Å². The molecule has 0 aliphatic carbocycles. The topological polar surface area (TPSA) is 17.8 Å². The van der Waals surface area contributed by atoms with Gasteiger partial charge in [0.2, 0.25) is 0 Å². The zero-order valence-electron chi connectivity index (χ0n) is 9.39. The summed E-state index contributed by atoms with van der Waals surface area (Å²) in [5.74, 6) is 0. The Hall–Kier alpha value is -1.36. The summed E-state index contributed by atoms with van der Waals surface area (Å²) in [7, 11) is 0. The normalized spacial score (nSPS) is 10.9. The Kier molecular flexibility index (Phi) is 2.63. The third-order valence-electron chi connectivity index (χ3n) is 2.76. The molecule has 3 rings (SSSR count). The van der Waals surface area contributed by atoms with Gasteiger partial charge in [0.25, 0.3) is 0 Å². The van der Waals surface area contributed by atoms with Crippen molar-refractivity contribution in [1.82, 2.24) is 9.55 Å². The van der Waals surface area contributed by atoms with Gasteiger partial charge in [-0.3, -0.25) is 4.98 Å². The van der Waals surface area contributed by atoms with Crippen molar-refractivity contribution < 1.29 is 0 Å². The number of hydrogen-bond acceptors (Lipinski definition) is 1. The number of pyridine rings is 1. The standard InChI is InChI=1S/C14H11IN2/c1-10-8-14(17-6-2-3-7-17)12-5-4-11(15)9-13(12)16-10/h2-9H,1H3. The molecule has 0 fully saturated rings. The molecule has 0 N–H and O–H groups in total. The second-order valence-electron chi connectivity index (χ2n) is 4.03. The minimum atomic E-state index is 1.04. The molecule has 0 radical (unpaired) electrons. The molecule has 2 heterocycles. The number of halogens is 1. The maximum atomic E-state index is 4.59. The SMILES string of the molecule is Cc1cc(-n2cccc2)c2ccc(I)cc2n1. The number of hydrogen-bond donors (Lipinski definition) is 0. The minimum absolute atomic E-state index is 1.04. The zero-order chi connectivity index (χ0) is 11.8. The van der Waals surface area contributed by atoms with Crippen molar-refractivity contribution in [3.05, 3.63) is 58.1 Å². The predicted octanol–water partition coefficient (Wildman–Crippen LogP) is 3.94. The van der Waals surface area contributed by atoms with E-state index in [1.54, 1.807) is 0 Å². The van der Waals surface area contributed by atoms with Crippen LogP contribution in [-0.2, 0) is 0 Å². The largest absolute Gasteiger partial charge is 0.323 e. The number of aromatic nitrogens is 2. The van der Waals surface area contributed by atoms with Crippen molar-refractivity contribution >= 4 is 33.5 Å². The van der Waals surface area contributed by atoms with Gasteiger partial charge in [-0.25, -0.2) is 0 Å². The molecule has 0 saturated carbocycles. The van der Waals surface area contributed by atoms with Gasteiger partial charge in [-0.05, 0) is 65.9 Å². The van der Waals surface area contributed by atoms with E-state index in [-0.39, 0.29) is 0 Å². The summed E-state index contributed by atoms with van der Waals surface area (Å²) in [6, 6.07) is 12.6. The molecule has 84 valence electrons. The first-order chi connectivity index (χ1) is 8.24. The Balaban J connectivity index is 2.38. The molecule has 0 unspecified atom stereocenters. The highest BCUT2D eigenvalue weighted by Gasteiger charge is 2.05. The quantitative estimate of drug-likeness (QED) is 0.617. The van der Waals surface area contributed by atoms with Gasteiger partial charge in [-0.2, -0.15) is 0 Å². The van der Waals surface area contributed by atoms with E-state index in [1.807, 2.05) is 19.1 Å². The summed E-state index contributed by atoms with van der Waals surface area (Å²) >= 11 is 2.32. The summed E-state index contributed by atoms with van der Waals surface area (Å²) in [5, 5.41) is 1.19. The van der Waals surface area contributed by atoms with Crippen LogP contribution >= 0.6 is 22.6 Å². The molecule has 3 heteroatoms. The van der Waals surface area contributed by atoms with Crippen LogP contribution in [0.15, 0.2) is 48.8 Å². The summed E-state index contributed by atoms with van der Waals surface area (Å²) < 4.78 is 3.34. The Morgan fingerprint density at radius 1 is 1.12 bits per heavy atom. The molecule has 0 amide bonds. The molecule has 1 aromatic carbocycles. The first kappa shape index (κ1) is 10.8. The minimum Gasteiger partial charge on any atom is -0.323 e. The van der Waals surface area contributed by atoms with Crippen LogP contribution in [0, 0.1) is 10.5 Å². The van der Waals surface area contributed by atoms with Crippen molar-refractivity contribution in [3.63, 3.8) is 0 Å². The maximum absolute atomic E-state index is 4.59. The number of nitrogens with zero attached hydrogens (tertiary/aromatic N) is 2. The second kappa shape index (κ2) is 4.14. The van der Waals surface area contributed by atoms with Gasteiger partial charge in [-0.1, -0.05) is 0 Å². The van der Waals surface area contributed by atoms with Crippen LogP contribution in [0.2, 0.25) is 0 Å². The molecule has 0 atom stereocenters. The first-order valence-electron chi connectivity index (χ1n) is 5.44. The summed E-state index contributed by atoms with van der Waals surface area (Å²) in [5.41, 5.74) is 3.29. The Morgan fingerprint density at radius 2 is 1.88 bits per heavy atom. The van der Waals surface area contributed by atoms with E-state index in [0.29, 0.717) is 0 Å². The van der Waals surface area contributed by atoms with E-state index in [2.05, 4.69) is 68.8 Å². The molecule has 17 heavy (non-hydrogen) atoms. The molecule has 0 bridgehead atoms. The van der Waals surface area contributed by atoms with Gasteiger partial charge in [0.15, 0.2) is 0 Å². The van der Waals surface area contributed by atoms with Crippen LogP contribution in [0.4, 0.5) is 0 Å². The van der Waals surface area contributed by atoms with E-state index < -0.39 is 0 Å². The van der Waals surface area contributed by atoms with Crippen LogP contribution in [0.1, 0.15) is 5.69 Å². The van der Waals surface area contributed by atoms with Gasteiger partial charge >= 0.3 is 0 Å². The average molecular weight is 334 g/mol. The van der Waals surface area contributed by atoms with Gasteiger partial charge in [0.05, 0.1) is 11.2 Å². The third-order valence-corrected chi connectivity index (χ3v) is 3.43. The zero-order valence-corrected chi connectivity index (χ0v) is 11.5. The van der Waals surface area contributed by atoms with Crippen LogP contribution in [0.3, 0.4) is 0 Å². The van der Waals surface area contributed by atoms with Gasteiger partial charge in [0.1, 0.15) is 0 Å². The molecular weight excluding hydrogens is 323 g/mol. The van der Waals surface area contributed by atoms with E-state index in [9.17, 15) is 0 Å². The summed E-state index contributed by atoms with van der Waals surface area (Å²) in [6.07, 6.45) is 4.12. The predicted molar refractivity (Wildman–Crippen MR) is 78.5 cm³/mol.